The molecule has 1 aliphatic heterocycles. The predicted octanol–water partition coefficient (Wildman–Crippen LogP) is 6.14. The minimum atomic E-state index is 0.101. The number of amides is 1. The van der Waals surface area contributed by atoms with Gasteiger partial charge in [-0.1, -0.05) is 84.9 Å². The van der Waals surface area contributed by atoms with E-state index in [1.54, 1.807) is 0 Å². The maximum absolute atomic E-state index is 14.0. The minimum absolute atomic E-state index is 0.101. The average molecular weight is 540 g/mol. The lowest BCUT2D eigenvalue weighted by Gasteiger charge is -2.32. The van der Waals surface area contributed by atoms with Gasteiger partial charge in [0.05, 0.1) is 24.1 Å². The molecule has 0 radical (unpaired) electrons. The zero-order chi connectivity index (χ0) is 27.8. The standard InChI is InChI=1S/C35H33N5O/c1-37-16-18-39(19-17-37)35(41)34-24-38(23-33(34)32-15-7-11-27-9-3-5-14-31(27)32)22-29-20-36-25-40(29)21-28-12-6-10-26-8-2-4-13-30(26)28/h2-15,20,23-25H,16-19,21-22H2,1H3. The van der Waals surface area contributed by atoms with Gasteiger partial charge in [0.25, 0.3) is 5.91 Å². The van der Waals surface area contributed by atoms with Crippen LogP contribution in [0.15, 0.2) is 110 Å². The van der Waals surface area contributed by atoms with Gasteiger partial charge in [0.15, 0.2) is 0 Å². The van der Waals surface area contributed by atoms with Gasteiger partial charge < -0.3 is 18.9 Å². The summed E-state index contributed by atoms with van der Waals surface area (Å²) in [5.41, 5.74) is 5.17. The molecule has 0 bridgehead atoms. The summed E-state index contributed by atoms with van der Waals surface area (Å²) in [6.45, 7) is 4.63. The summed E-state index contributed by atoms with van der Waals surface area (Å²) < 4.78 is 4.36. The minimum Gasteiger partial charge on any atom is -0.347 e. The third kappa shape index (κ3) is 4.92. The van der Waals surface area contributed by atoms with Gasteiger partial charge in [-0.25, -0.2) is 4.98 Å². The van der Waals surface area contributed by atoms with Gasteiger partial charge in [0, 0.05) is 56.9 Å². The molecule has 3 heterocycles. The van der Waals surface area contributed by atoms with Crippen molar-refractivity contribution in [2.24, 2.45) is 0 Å². The van der Waals surface area contributed by atoms with Crippen molar-refractivity contribution in [1.82, 2.24) is 23.9 Å². The van der Waals surface area contributed by atoms with Crippen LogP contribution in [-0.2, 0) is 13.1 Å². The Morgan fingerprint density at radius 1 is 0.732 bits per heavy atom. The third-order valence-electron chi connectivity index (χ3n) is 8.34. The van der Waals surface area contributed by atoms with Crippen LogP contribution < -0.4 is 0 Å². The van der Waals surface area contributed by atoms with Gasteiger partial charge in [0.1, 0.15) is 0 Å². The Morgan fingerprint density at radius 3 is 2.22 bits per heavy atom. The quantitative estimate of drug-likeness (QED) is 0.255. The number of benzene rings is 4. The van der Waals surface area contributed by atoms with E-state index < -0.39 is 0 Å². The largest absolute Gasteiger partial charge is 0.347 e. The summed E-state index contributed by atoms with van der Waals surface area (Å²) in [5.74, 6) is 0.101. The number of imidazole rings is 1. The summed E-state index contributed by atoms with van der Waals surface area (Å²) in [4.78, 5) is 22.7. The zero-order valence-electron chi connectivity index (χ0n) is 23.3. The van der Waals surface area contributed by atoms with E-state index in [1.165, 1.54) is 21.7 Å². The second-order valence-electron chi connectivity index (χ2n) is 11.0. The van der Waals surface area contributed by atoms with Crippen molar-refractivity contribution in [1.29, 1.82) is 0 Å². The van der Waals surface area contributed by atoms with Crippen molar-refractivity contribution in [3.63, 3.8) is 0 Å². The molecule has 6 nitrogen and oxygen atoms in total. The molecule has 7 rings (SSSR count). The van der Waals surface area contributed by atoms with Crippen LogP contribution in [0.5, 0.6) is 0 Å². The second-order valence-corrected chi connectivity index (χ2v) is 11.0. The van der Waals surface area contributed by atoms with Gasteiger partial charge in [-0.15, -0.1) is 0 Å². The molecular formula is C35H33N5O. The molecule has 2 aromatic heterocycles. The highest BCUT2D eigenvalue weighted by Crippen LogP contribution is 2.33. The summed E-state index contributed by atoms with van der Waals surface area (Å²) >= 11 is 0. The van der Waals surface area contributed by atoms with Gasteiger partial charge in [-0.2, -0.15) is 0 Å². The summed E-state index contributed by atoms with van der Waals surface area (Å²) in [6.07, 6.45) is 8.01. The Kier molecular flexibility index (Phi) is 6.61. The van der Waals surface area contributed by atoms with Crippen molar-refractivity contribution in [3.8, 4) is 11.1 Å². The molecule has 6 heteroatoms. The fourth-order valence-electron chi connectivity index (χ4n) is 6.05. The fraction of sp³-hybridized carbons (Fsp3) is 0.200. The average Bonchev–Trinajstić information content (AvgIpc) is 3.64. The molecule has 41 heavy (non-hydrogen) atoms. The first-order valence-electron chi connectivity index (χ1n) is 14.3. The van der Waals surface area contributed by atoms with Crippen LogP contribution in [0, 0.1) is 0 Å². The van der Waals surface area contributed by atoms with E-state index >= 15 is 0 Å². The predicted molar refractivity (Wildman–Crippen MR) is 165 cm³/mol. The molecular weight excluding hydrogens is 506 g/mol. The lowest BCUT2D eigenvalue weighted by molar-refractivity contribution is 0.0665. The Morgan fingerprint density at radius 2 is 1.41 bits per heavy atom. The Labute approximate surface area is 240 Å². The normalized spacial score (nSPS) is 14.2. The molecule has 1 fully saturated rings. The number of carbonyl (C=O) groups excluding carboxylic acids is 1. The monoisotopic (exact) mass is 539 g/mol. The number of carbonyl (C=O) groups is 1. The smallest absolute Gasteiger partial charge is 0.256 e. The number of likely N-dealkylation sites (N-methyl/N-ethyl adjacent to an activating group) is 1. The number of fused-ring (bicyclic) bond motifs is 2. The molecule has 6 aromatic rings. The number of hydrogen-bond donors (Lipinski definition) is 0. The van der Waals surface area contributed by atoms with Crippen molar-refractivity contribution in [2.75, 3.05) is 33.2 Å². The number of piperazine rings is 1. The Balaban J connectivity index is 1.25. The molecule has 1 saturated heterocycles. The first-order valence-corrected chi connectivity index (χ1v) is 14.3. The number of nitrogens with zero attached hydrogens (tertiary/aromatic N) is 5. The highest BCUT2D eigenvalue weighted by molar-refractivity contribution is 6.06. The van der Waals surface area contributed by atoms with Gasteiger partial charge in [-0.3, -0.25) is 4.79 Å². The molecule has 0 N–H and O–H groups in total. The van der Waals surface area contributed by atoms with Crippen LogP contribution in [0.4, 0.5) is 0 Å². The molecule has 1 amide bonds. The number of aromatic nitrogens is 3. The maximum atomic E-state index is 14.0. The first kappa shape index (κ1) is 25.3. The lowest BCUT2D eigenvalue weighted by Crippen LogP contribution is -2.47. The zero-order valence-corrected chi connectivity index (χ0v) is 23.3. The van der Waals surface area contributed by atoms with E-state index in [9.17, 15) is 4.79 Å². The van der Waals surface area contributed by atoms with E-state index in [0.29, 0.717) is 6.54 Å². The topological polar surface area (TPSA) is 46.3 Å². The van der Waals surface area contributed by atoms with Crippen molar-refractivity contribution >= 4 is 27.5 Å². The summed E-state index contributed by atoms with van der Waals surface area (Å²) in [5, 5.41) is 4.82. The van der Waals surface area contributed by atoms with Crippen LogP contribution in [0.2, 0.25) is 0 Å². The molecule has 4 aromatic carbocycles. The number of hydrogen-bond acceptors (Lipinski definition) is 3. The van der Waals surface area contributed by atoms with Gasteiger partial charge in [-0.05, 0) is 39.7 Å². The summed E-state index contributed by atoms with van der Waals surface area (Å²) in [7, 11) is 2.11. The first-order chi connectivity index (χ1) is 20.1. The van der Waals surface area contributed by atoms with Crippen molar-refractivity contribution in [2.45, 2.75) is 13.1 Å². The molecule has 0 atom stereocenters. The van der Waals surface area contributed by atoms with Crippen molar-refractivity contribution in [3.05, 3.63) is 127 Å². The van der Waals surface area contributed by atoms with E-state index in [-0.39, 0.29) is 5.91 Å². The van der Waals surface area contributed by atoms with Crippen LogP contribution in [0.25, 0.3) is 32.7 Å². The fourth-order valence-corrected chi connectivity index (χ4v) is 6.05. The molecule has 204 valence electrons. The third-order valence-corrected chi connectivity index (χ3v) is 8.34. The van der Waals surface area contributed by atoms with Gasteiger partial charge in [0.2, 0.25) is 0 Å². The Hall–Kier alpha value is -4.68. The van der Waals surface area contributed by atoms with E-state index in [2.05, 4.69) is 117 Å². The Bertz CT molecular complexity index is 1850. The van der Waals surface area contributed by atoms with E-state index in [1.807, 2.05) is 23.6 Å². The molecule has 0 aliphatic carbocycles. The lowest BCUT2D eigenvalue weighted by atomic mass is 9.97. The van der Waals surface area contributed by atoms with Crippen LogP contribution in [0.3, 0.4) is 0 Å². The highest BCUT2D eigenvalue weighted by Gasteiger charge is 2.25. The van der Waals surface area contributed by atoms with E-state index in [0.717, 1.165) is 60.5 Å². The van der Waals surface area contributed by atoms with Crippen LogP contribution in [0.1, 0.15) is 21.6 Å². The van der Waals surface area contributed by atoms with E-state index in [4.69, 9.17) is 0 Å². The number of rotatable bonds is 6. The van der Waals surface area contributed by atoms with Crippen LogP contribution >= 0.6 is 0 Å². The molecule has 0 spiro atoms. The maximum Gasteiger partial charge on any atom is 0.256 e. The summed E-state index contributed by atoms with van der Waals surface area (Å²) in [6, 6.07) is 29.7. The van der Waals surface area contributed by atoms with Gasteiger partial charge >= 0.3 is 0 Å². The molecule has 0 unspecified atom stereocenters. The second kappa shape index (κ2) is 10.7. The van der Waals surface area contributed by atoms with Crippen molar-refractivity contribution < 1.29 is 4.79 Å². The SMILES string of the molecule is CN1CCN(C(=O)c2cn(Cc3cncn3Cc3cccc4ccccc34)cc2-c2cccc3ccccc23)CC1. The molecule has 1 aliphatic rings. The highest BCUT2D eigenvalue weighted by atomic mass is 16.2. The van der Waals surface area contributed by atoms with Crippen LogP contribution in [-0.4, -0.2) is 63.1 Å². The molecule has 0 saturated carbocycles.